The summed E-state index contributed by atoms with van der Waals surface area (Å²) in [6.45, 7) is 8.67. The molecule has 0 aromatic heterocycles. The minimum absolute atomic E-state index is 0.104. The molecule has 1 amide bonds. The fraction of sp³-hybridized carbons (Fsp3) is 0.889. The van der Waals surface area contributed by atoms with Gasteiger partial charge in [-0.15, -0.1) is 0 Å². The highest BCUT2D eigenvalue weighted by molar-refractivity contribution is 7.98. The molecule has 1 fully saturated rings. The predicted octanol–water partition coefficient (Wildman–Crippen LogP) is 4.10. The second-order valence-electron chi connectivity index (χ2n) is 7.35. The number of carbonyl (C=O) groups is 2. The summed E-state index contributed by atoms with van der Waals surface area (Å²) in [5.41, 5.74) is -0.476. The maximum Gasteiger partial charge on any atom is 0.410 e. The summed E-state index contributed by atoms with van der Waals surface area (Å²) >= 11 is 1.73. The largest absolute Gasteiger partial charge is 0.466 e. The number of carbonyl (C=O) groups excluding carboxylic acids is 2. The molecule has 0 aliphatic heterocycles. The van der Waals surface area contributed by atoms with Crippen molar-refractivity contribution in [1.29, 1.82) is 0 Å². The Kier molecular flexibility index (Phi) is 8.95. The third-order valence-electron chi connectivity index (χ3n) is 4.18. The number of rotatable bonds is 7. The molecule has 0 atom stereocenters. The number of amides is 1. The molecule has 0 aromatic rings. The Balaban J connectivity index is 2.57. The van der Waals surface area contributed by atoms with Crippen LogP contribution in [-0.2, 0) is 14.3 Å². The number of hydrogen-bond acceptors (Lipinski definition) is 5. The molecular weight excluding hydrogens is 326 g/mol. The Labute approximate surface area is 150 Å². The quantitative estimate of drug-likeness (QED) is 0.641. The fourth-order valence-electron chi connectivity index (χ4n) is 3.05. The highest BCUT2D eigenvalue weighted by Gasteiger charge is 2.32. The van der Waals surface area contributed by atoms with E-state index in [1.54, 1.807) is 11.8 Å². The molecule has 0 unspecified atom stereocenters. The summed E-state index contributed by atoms with van der Waals surface area (Å²) in [6, 6.07) is 0.213. The monoisotopic (exact) mass is 359 g/mol. The third-order valence-corrected chi connectivity index (χ3v) is 4.77. The van der Waals surface area contributed by atoms with E-state index in [0.29, 0.717) is 25.5 Å². The lowest BCUT2D eigenvalue weighted by atomic mass is 9.83. The van der Waals surface area contributed by atoms with Gasteiger partial charge in [0.25, 0.3) is 0 Å². The van der Waals surface area contributed by atoms with Crippen molar-refractivity contribution in [2.75, 3.05) is 25.2 Å². The van der Waals surface area contributed by atoms with Gasteiger partial charge in [-0.2, -0.15) is 11.8 Å². The van der Waals surface area contributed by atoms with Crippen LogP contribution in [0.25, 0.3) is 0 Å². The van der Waals surface area contributed by atoms with Crippen LogP contribution in [0.5, 0.6) is 0 Å². The average Bonchev–Trinajstić information content (AvgIpc) is 2.47. The van der Waals surface area contributed by atoms with Crippen molar-refractivity contribution in [2.24, 2.45) is 5.92 Å². The first-order valence-electron chi connectivity index (χ1n) is 8.91. The highest BCUT2D eigenvalue weighted by atomic mass is 32.2. The molecule has 0 bridgehead atoms. The van der Waals surface area contributed by atoms with Crippen molar-refractivity contribution < 1.29 is 19.1 Å². The van der Waals surface area contributed by atoms with Gasteiger partial charge < -0.3 is 14.4 Å². The van der Waals surface area contributed by atoms with E-state index < -0.39 is 5.60 Å². The van der Waals surface area contributed by atoms with Gasteiger partial charge in [-0.05, 0) is 65.6 Å². The number of ether oxygens (including phenoxy) is 2. The third kappa shape index (κ3) is 7.77. The molecule has 1 rings (SSSR count). The number of hydrogen-bond donors (Lipinski definition) is 0. The topological polar surface area (TPSA) is 55.8 Å². The van der Waals surface area contributed by atoms with E-state index in [0.717, 1.165) is 31.4 Å². The molecule has 0 spiro atoms. The normalized spacial score (nSPS) is 21.2. The summed E-state index contributed by atoms with van der Waals surface area (Å²) < 4.78 is 10.6. The number of nitrogens with zero attached hydrogens (tertiary/aromatic N) is 1. The first-order chi connectivity index (χ1) is 11.3. The molecule has 0 saturated heterocycles. The minimum Gasteiger partial charge on any atom is -0.466 e. The molecule has 1 aliphatic rings. The molecule has 0 aromatic carbocycles. The minimum atomic E-state index is -0.476. The van der Waals surface area contributed by atoms with Gasteiger partial charge in [0.05, 0.1) is 6.61 Å². The maximum absolute atomic E-state index is 12.5. The lowest BCUT2D eigenvalue weighted by Crippen LogP contribution is -2.46. The molecule has 0 N–H and O–H groups in total. The van der Waals surface area contributed by atoms with Crippen LogP contribution in [0.3, 0.4) is 0 Å². The van der Waals surface area contributed by atoms with E-state index >= 15 is 0 Å². The van der Waals surface area contributed by atoms with Crippen LogP contribution < -0.4 is 0 Å². The summed E-state index contributed by atoms with van der Waals surface area (Å²) in [6.07, 6.45) is 6.10. The van der Waals surface area contributed by atoms with Crippen molar-refractivity contribution in [3.8, 4) is 0 Å². The lowest BCUT2D eigenvalue weighted by molar-refractivity contribution is -0.144. The van der Waals surface area contributed by atoms with Crippen molar-refractivity contribution in [1.82, 2.24) is 4.90 Å². The molecule has 24 heavy (non-hydrogen) atoms. The Morgan fingerprint density at radius 1 is 1.17 bits per heavy atom. The van der Waals surface area contributed by atoms with Crippen molar-refractivity contribution in [3.63, 3.8) is 0 Å². The zero-order valence-electron chi connectivity index (χ0n) is 15.8. The molecule has 5 nitrogen and oxygen atoms in total. The van der Waals surface area contributed by atoms with Crippen LogP contribution in [0, 0.1) is 5.92 Å². The van der Waals surface area contributed by atoms with Gasteiger partial charge >= 0.3 is 12.1 Å². The Bertz CT molecular complexity index is 400. The SMILES string of the molecule is CCOC(=O)CC1CCC(N(CCSC)C(=O)OC(C)(C)C)CC1. The maximum atomic E-state index is 12.5. The predicted molar refractivity (Wildman–Crippen MR) is 98.3 cm³/mol. The van der Waals surface area contributed by atoms with Gasteiger partial charge in [-0.3, -0.25) is 4.79 Å². The van der Waals surface area contributed by atoms with E-state index in [9.17, 15) is 9.59 Å². The van der Waals surface area contributed by atoms with Gasteiger partial charge in [0.2, 0.25) is 0 Å². The van der Waals surface area contributed by atoms with Crippen LogP contribution in [0.2, 0.25) is 0 Å². The summed E-state index contributed by atoms with van der Waals surface area (Å²) in [7, 11) is 0. The molecular formula is C18H33NO4S. The number of thioether (sulfide) groups is 1. The highest BCUT2D eigenvalue weighted by Crippen LogP contribution is 2.31. The summed E-state index contributed by atoms with van der Waals surface area (Å²) in [4.78, 5) is 26.0. The second kappa shape index (κ2) is 10.2. The van der Waals surface area contributed by atoms with Crippen LogP contribution in [-0.4, -0.2) is 53.8 Å². The van der Waals surface area contributed by atoms with E-state index in [4.69, 9.17) is 9.47 Å². The number of esters is 1. The zero-order chi connectivity index (χ0) is 18.2. The van der Waals surface area contributed by atoms with E-state index in [-0.39, 0.29) is 18.1 Å². The first kappa shape index (κ1) is 21.1. The van der Waals surface area contributed by atoms with Gasteiger partial charge in [-0.25, -0.2) is 4.79 Å². The molecule has 0 heterocycles. The standard InChI is InChI=1S/C18H33NO4S/c1-6-22-16(20)13-14-7-9-15(10-8-14)19(11-12-24-5)17(21)23-18(2,3)4/h14-15H,6-13H2,1-5H3. The average molecular weight is 360 g/mol. The molecule has 6 heteroatoms. The Morgan fingerprint density at radius 2 is 1.79 bits per heavy atom. The fourth-order valence-corrected chi connectivity index (χ4v) is 3.43. The van der Waals surface area contributed by atoms with Gasteiger partial charge in [0.15, 0.2) is 0 Å². The van der Waals surface area contributed by atoms with Gasteiger partial charge in [0, 0.05) is 24.8 Å². The summed E-state index contributed by atoms with van der Waals surface area (Å²) in [5, 5.41) is 0. The van der Waals surface area contributed by atoms with Crippen molar-refractivity contribution >= 4 is 23.8 Å². The van der Waals surface area contributed by atoms with E-state index in [1.807, 2.05) is 38.9 Å². The van der Waals surface area contributed by atoms with Crippen LogP contribution in [0.15, 0.2) is 0 Å². The van der Waals surface area contributed by atoms with E-state index in [1.165, 1.54) is 0 Å². The van der Waals surface area contributed by atoms with Gasteiger partial charge in [0.1, 0.15) is 5.60 Å². The molecule has 1 aliphatic carbocycles. The molecule has 0 radical (unpaired) electrons. The Morgan fingerprint density at radius 3 is 2.29 bits per heavy atom. The zero-order valence-corrected chi connectivity index (χ0v) is 16.6. The first-order valence-corrected chi connectivity index (χ1v) is 10.3. The van der Waals surface area contributed by atoms with Crippen molar-refractivity contribution in [2.45, 2.75) is 71.4 Å². The van der Waals surface area contributed by atoms with Gasteiger partial charge in [-0.1, -0.05) is 0 Å². The van der Waals surface area contributed by atoms with E-state index in [2.05, 4.69) is 0 Å². The van der Waals surface area contributed by atoms with Crippen molar-refractivity contribution in [3.05, 3.63) is 0 Å². The van der Waals surface area contributed by atoms with Crippen LogP contribution in [0.4, 0.5) is 4.79 Å². The van der Waals surface area contributed by atoms with Crippen LogP contribution in [0.1, 0.15) is 59.8 Å². The smallest absolute Gasteiger partial charge is 0.410 e. The van der Waals surface area contributed by atoms with Crippen LogP contribution >= 0.6 is 11.8 Å². The molecule has 1 saturated carbocycles. The Hall–Kier alpha value is -0.910. The molecule has 140 valence electrons. The lowest BCUT2D eigenvalue weighted by Gasteiger charge is -2.37. The summed E-state index contributed by atoms with van der Waals surface area (Å²) in [5.74, 6) is 1.18. The second-order valence-corrected chi connectivity index (χ2v) is 8.34.